The van der Waals surface area contributed by atoms with Crippen molar-refractivity contribution in [1.82, 2.24) is 9.97 Å². The number of rotatable bonds is 2. The Morgan fingerprint density at radius 3 is 2.50 bits per heavy atom. The number of aromatic hydroxyl groups is 2. The normalized spacial score (nSPS) is 12.7. The molecule has 102 valence electrons. The molecule has 4 N–H and O–H groups in total. The van der Waals surface area contributed by atoms with Gasteiger partial charge in [0.05, 0.1) is 0 Å². The molecule has 0 aliphatic carbocycles. The van der Waals surface area contributed by atoms with Gasteiger partial charge in [-0.05, 0) is 39.7 Å². The fraction of sp³-hybridized carbons (Fsp3) is 0.0714. The van der Waals surface area contributed by atoms with Gasteiger partial charge in [0.15, 0.2) is 0 Å². The topological polar surface area (TPSA) is 89.4 Å². The molecule has 0 spiro atoms. The molecule has 1 atom stereocenters. The van der Waals surface area contributed by atoms with Gasteiger partial charge in [-0.1, -0.05) is 0 Å². The molecule has 0 aliphatic heterocycles. The summed E-state index contributed by atoms with van der Waals surface area (Å²) >= 11 is 3.34. The van der Waals surface area contributed by atoms with E-state index in [0.717, 1.165) is 9.86 Å². The lowest BCUT2D eigenvalue weighted by Gasteiger charge is -2.11. The lowest BCUT2D eigenvalue weighted by Crippen LogP contribution is -1.98. The highest BCUT2D eigenvalue weighted by Crippen LogP contribution is 2.32. The first-order valence-electron chi connectivity index (χ1n) is 5.88. The van der Waals surface area contributed by atoms with Crippen molar-refractivity contribution in [2.24, 2.45) is 0 Å². The monoisotopic (exact) mass is 334 g/mol. The van der Waals surface area contributed by atoms with Crippen molar-refractivity contribution in [3.8, 4) is 11.5 Å². The number of halogens is 1. The van der Waals surface area contributed by atoms with Crippen LogP contribution in [0.5, 0.6) is 11.5 Å². The minimum Gasteiger partial charge on any atom is -0.508 e. The van der Waals surface area contributed by atoms with Crippen molar-refractivity contribution in [3.63, 3.8) is 0 Å². The number of pyridine rings is 1. The molecule has 0 radical (unpaired) electrons. The summed E-state index contributed by atoms with van der Waals surface area (Å²) in [5.41, 5.74) is 1.69. The predicted octanol–water partition coefficient (Wildman–Crippen LogP) is 2.82. The van der Waals surface area contributed by atoms with E-state index in [0.29, 0.717) is 16.8 Å². The summed E-state index contributed by atoms with van der Waals surface area (Å²) in [7, 11) is 0. The van der Waals surface area contributed by atoms with Crippen LogP contribution in [0.4, 0.5) is 0 Å². The summed E-state index contributed by atoms with van der Waals surface area (Å²) in [5.74, 6) is -0.198. The van der Waals surface area contributed by atoms with Gasteiger partial charge >= 0.3 is 0 Å². The SMILES string of the molecule is Oc1cc(O)cc(C(O)c2c[nH]c3ncc(Br)cc23)c1. The van der Waals surface area contributed by atoms with E-state index in [1.807, 2.05) is 6.07 Å². The molecule has 3 aromatic rings. The van der Waals surface area contributed by atoms with Crippen molar-refractivity contribution >= 4 is 27.0 Å². The zero-order valence-corrected chi connectivity index (χ0v) is 11.8. The average molecular weight is 335 g/mol. The zero-order valence-electron chi connectivity index (χ0n) is 10.2. The van der Waals surface area contributed by atoms with Crippen LogP contribution in [0.2, 0.25) is 0 Å². The molecule has 6 heteroatoms. The maximum atomic E-state index is 10.4. The Kier molecular flexibility index (Phi) is 3.11. The maximum Gasteiger partial charge on any atom is 0.137 e. The van der Waals surface area contributed by atoms with Gasteiger partial charge in [0.2, 0.25) is 0 Å². The third-order valence-electron chi connectivity index (χ3n) is 3.06. The van der Waals surface area contributed by atoms with Crippen LogP contribution in [0.25, 0.3) is 11.0 Å². The molecule has 0 fully saturated rings. The fourth-order valence-corrected chi connectivity index (χ4v) is 2.51. The minimum absolute atomic E-state index is 0.0989. The van der Waals surface area contributed by atoms with Crippen LogP contribution in [0.15, 0.2) is 41.1 Å². The number of phenols is 2. The Hall–Kier alpha value is -2.05. The molecular formula is C14H11BrN2O3. The zero-order chi connectivity index (χ0) is 14.3. The summed E-state index contributed by atoms with van der Waals surface area (Å²) in [5, 5.41) is 30.2. The van der Waals surface area contributed by atoms with Crippen LogP contribution < -0.4 is 0 Å². The van der Waals surface area contributed by atoms with Crippen LogP contribution >= 0.6 is 15.9 Å². The van der Waals surface area contributed by atoms with E-state index in [9.17, 15) is 15.3 Å². The molecule has 0 saturated heterocycles. The number of hydrogen-bond acceptors (Lipinski definition) is 4. The predicted molar refractivity (Wildman–Crippen MR) is 77.6 cm³/mol. The summed E-state index contributed by atoms with van der Waals surface area (Å²) in [6, 6.07) is 5.88. The number of fused-ring (bicyclic) bond motifs is 1. The van der Waals surface area contributed by atoms with Gasteiger partial charge in [-0.3, -0.25) is 0 Å². The van der Waals surface area contributed by atoms with E-state index in [4.69, 9.17) is 0 Å². The molecule has 0 aliphatic rings. The van der Waals surface area contributed by atoms with Crippen LogP contribution in [0.3, 0.4) is 0 Å². The number of nitrogens with one attached hydrogen (secondary N) is 1. The van der Waals surface area contributed by atoms with Gasteiger partial charge < -0.3 is 20.3 Å². The van der Waals surface area contributed by atoms with E-state index in [-0.39, 0.29) is 11.5 Å². The highest BCUT2D eigenvalue weighted by atomic mass is 79.9. The van der Waals surface area contributed by atoms with Crippen LogP contribution in [0, 0.1) is 0 Å². The Bertz CT molecular complexity index is 765. The summed E-state index contributed by atoms with van der Waals surface area (Å²) < 4.78 is 0.803. The smallest absolute Gasteiger partial charge is 0.137 e. The summed E-state index contributed by atoms with van der Waals surface area (Å²) in [4.78, 5) is 7.18. The van der Waals surface area contributed by atoms with E-state index in [1.54, 1.807) is 12.4 Å². The number of aliphatic hydroxyl groups is 1. The van der Waals surface area contributed by atoms with Crippen LogP contribution in [-0.2, 0) is 0 Å². The third kappa shape index (κ3) is 2.23. The molecule has 1 unspecified atom stereocenters. The van der Waals surface area contributed by atoms with E-state index >= 15 is 0 Å². The molecule has 0 bridgehead atoms. The standard InChI is InChI=1S/C14H11BrN2O3/c15-8-3-11-12(6-17-14(11)16-5-8)13(20)7-1-9(18)4-10(19)2-7/h1-6,13,18-20H,(H,16,17). The van der Waals surface area contributed by atoms with Gasteiger partial charge in [0.1, 0.15) is 23.3 Å². The van der Waals surface area contributed by atoms with Crippen LogP contribution in [0.1, 0.15) is 17.2 Å². The molecule has 20 heavy (non-hydrogen) atoms. The first-order valence-corrected chi connectivity index (χ1v) is 6.67. The van der Waals surface area contributed by atoms with Crippen molar-refractivity contribution in [3.05, 3.63) is 52.3 Å². The average Bonchev–Trinajstić information content (AvgIpc) is 2.79. The number of hydrogen-bond donors (Lipinski definition) is 4. The fourth-order valence-electron chi connectivity index (χ4n) is 2.18. The van der Waals surface area contributed by atoms with E-state index < -0.39 is 6.10 Å². The van der Waals surface area contributed by atoms with Crippen molar-refractivity contribution in [2.45, 2.75) is 6.10 Å². The van der Waals surface area contributed by atoms with Gasteiger partial charge in [0.25, 0.3) is 0 Å². The lowest BCUT2D eigenvalue weighted by molar-refractivity contribution is 0.221. The molecule has 0 saturated carbocycles. The third-order valence-corrected chi connectivity index (χ3v) is 3.50. The second-order valence-electron chi connectivity index (χ2n) is 4.48. The number of aromatic nitrogens is 2. The Balaban J connectivity index is 2.12. The van der Waals surface area contributed by atoms with Gasteiger partial charge in [-0.15, -0.1) is 0 Å². The number of H-pyrrole nitrogens is 1. The first kappa shape index (κ1) is 13.0. The number of nitrogens with zero attached hydrogens (tertiary/aromatic N) is 1. The second-order valence-corrected chi connectivity index (χ2v) is 5.39. The highest BCUT2D eigenvalue weighted by Gasteiger charge is 2.17. The Morgan fingerprint density at radius 1 is 1.10 bits per heavy atom. The molecule has 2 heterocycles. The first-order chi connectivity index (χ1) is 9.54. The van der Waals surface area contributed by atoms with Crippen molar-refractivity contribution in [2.75, 3.05) is 0 Å². The maximum absolute atomic E-state index is 10.4. The summed E-state index contributed by atoms with van der Waals surface area (Å²) in [6.07, 6.45) is 2.35. The molecule has 0 amide bonds. The number of phenolic OH excluding ortho intramolecular Hbond substituents is 2. The van der Waals surface area contributed by atoms with Crippen LogP contribution in [-0.4, -0.2) is 25.3 Å². The number of aliphatic hydroxyl groups excluding tert-OH is 1. The largest absolute Gasteiger partial charge is 0.508 e. The second kappa shape index (κ2) is 4.81. The molecular weight excluding hydrogens is 324 g/mol. The van der Waals surface area contributed by atoms with Gasteiger partial charge in [0, 0.05) is 33.9 Å². The molecule has 2 aromatic heterocycles. The number of aromatic amines is 1. The van der Waals surface area contributed by atoms with Crippen molar-refractivity contribution < 1.29 is 15.3 Å². The Morgan fingerprint density at radius 2 is 1.80 bits per heavy atom. The Labute approximate surface area is 122 Å². The van der Waals surface area contributed by atoms with Crippen molar-refractivity contribution in [1.29, 1.82) is 0 Å². The number of benzene rings is 1. The minimum atomic E-state index is -0.974. The summed E-state index contributed by atoms with van der Waals surface area (Å²) in [6.45, 7) is 0. The molecule has 5 nitrogen and oxygen atoms in total. The quantitative estimate of drug-likeness (QED) is 0.580. The molecule has 3 rings (SSSR count). The van der Waals surface area contributed by atoms with Gasteiger partial charge in [-0.2, -0.15) is 0 Å². The van der Waals surface area contributed by atoms with E-state index in [2.05, 4.69) is 25.9 Å². The highest BCUT2D eigenvalue weighted by molar-refractivity contribution is 9.10. The van der Waals surface area contributed by atoms with E-state index in [1.165, 1.54) is 18.2 Å². The molecule has 1 aromatic carbocycles. The van der Waals surface area contributed by atoms with Gasteiger partial charge in [-0.25, -0.2) is 4.98 Å². The lowest BCUT2D eigenvalue weighted by atomic mass is 10.0.